The van der Waals surface area contributed by atoms with Gasteiger partial charge in [0, 0.05) is 19.1 Å². The lowest BCUT2D eigenvalue weighted by molar-refractivity contribution is 0.0188. The van der Waals surface area contributed by atoms with Crippen molar-refractivity contribution in [2.24, 2.45) is 0 Å². The maximum atomic E-state index is 14.8. The molecule has 2 aromatic heterocycles. The standard InChI is InChI=1S/C24H29FN6O5S/c1-24(2,3)36-23(33)30-10-8-14(9-11-30)31-21-19(29-22(31)32)20(26-13-27-21)28-18-7-6-16(12-17(18)25)37(34,35)15-4-5-15/h6-7,12-15H,4-5,8-11H2,1-3H3,(H,29,32)(H,26,27,28). The fraction of sp³-hybridized carbons (Fsp3) is 0.500. The van der Waals surface area contributed by atoms with E-state index in [-0.39, 0.29) is 34.2 Å². The number of sulfone groups is 1. The summed E-state index contributed by atoms with van der Waals surface area (Å²) in [7, 11) is -3.52. The Morgan fingerprint density at radius 2 is 1.86 bits per heavy atom. The molecule has 37 heavy (non-hydrogen) atoms. The number of hydrogen-bond donors (Lipinski definition) is 2. The molecule has 0 radical (unpaired) electrons. The quantitative estimate of drug-likeness (QED) is 0.509. The van der Waals surface area contributed by atoms with Crippen LogP contribution in [0.5, 0.6) is 0 Å². The first-order valence-corrected chi connectivity index (χ1v) is 13.7. The Morgan fingerprint density at radius 3 is 2.49 bits per heavy atom. The van der Waals surface area contributed by atoms with Gasteiger partial charge in [-0.2, -0.15) is 0 Å². The molecule has 1 saturated heterocycles. The van der Waals surface area contributed by atoms with Crippen molar-refractivity contribution in [3.05, 3.63) is 40.8 Å². The van der Waals surface area contributed by atoms with Gasteiger partial charge in [0.2, 0.25) is 0 Å². The lowest BCUT2D eigenvalue weighted by atomic mass is 10.1. The van der Waals surface area contributed by atoms with Gasteiger partial charge < -0.3 is 19.9 Å². The number of carbonyl (C=O) groups excluding carboxylic acids is 1. The smallest absolute Gasteiger partial charge is 0.410 e. The normalized spacial score (nSPS) is 17.2. The number of piperidine rings is 1. The predicted octanol–water partition coefficient (Wildman–Crippen LogP) is 3.51. The molecule has 1 saturated carbocycles. The zero-order chi connectivity index (χ0) is 26.5. The Bertz CT molecular complexity index is 1510. The van der Waals surface area contributed by atoms with Crippen molar-refractivity contribution in [3.63, 3.8) is 0 Å². The van der Waals surface area contributed by atoms with Gasteiger partial charge in [0.1, 0.15) is 23.3 Å². The van der Waals surface area contributed by atoms with Gasteiger partial charge in [0.25, 0.3) is 0 Å². The first-order valence-electron chi connectivity index (χ1n) is 12.2. The lowest BCUT2D eigenvalue weighted by Gasteiger charge is -2.33. The molecule has 5 rings (SSSR count). The van der Waals surface area contributed by atoms with Gasteiger partial charge in [-0.3, -0.25) is 4.57 Å². The van der Waals surface area contributed by atoms with Crippen molar-refractivity contribution >= 4 is 38.6 Å². The van der Waals surface area contributed by atoms with Crippen LogP contribution in [0.2, 0.25) is 0 Å². The van der Waals surface area contributed by atoms with Gasteiger partial charge in [-0.25, -0.2) is 32.4 Å². The molecule has 1 aliphatic carbocycles. The number of benzene rings is 1. The van der Waals surface area contributed by atoms with E-state index < -0.39 is 26.5 Å². The van der Waals surface area contributed by atoms with E-state index in [1.165, 1.54) is 23.0 Å². The van der Waals surface area contributed by atoms with Crippen LogP contribution < -0.4 is 11.0 Å². The number of nitrogens with one attached hydrogen (secondary N) is 2. The molecule has 2 N–H and O–H groups in total. The summed E-state index contributed by atoms with van der Waals surface area (Å²) in [4.78, 5) is 38.0. The van der Waals surface area contributed by atoms with Crippen LogP contribution in [0.3, 0.4) is 0 Å². The summed E-state index contributed by atoms with van der Waals surface area (Å²) in [6.07, 6.45) is 3.13. The van der Waals surface area contributed by atoms with E-state index in [9.17, 15) is 22.4 Å². The third kappa shape index (κ3) is 5.04. The summed E-state index contributed by atoms with van der Waals surface area (Å²) in [5.74, 6) is -0.562. The van der Waals surface area contributed by atoms with Crippen LogP contribution in [0, 0.1) is 5.82 Å². The minimum atomic E-state index is -3.52. The van der Waals surface area contributed by atoms with Crippen LogP contribution in [0.1, 0.15) is 52.5 Å². The Labute approximate surface area is 213 Å². The first-order chi connectivity index (χ1) is 17.4. The number of aromatic amines is 1. The second kappa shape index (κ2) is 9.12. The summed E-state index contributed by atoms with van der Waals surface area (Å²) >= 11 is 0. The highest BCUT2D eigenvalue weighted by Gasteiger charge is 2.37. The molecular weight excluding hydrogens is 503 g/mol. The molecule has 198 valence electrons. The molecule has 11 nitrogen and oxygen atoms in total. The lowest BCUT2D eigenvalue weighted by Crippen LogP contribution is -2.43. The third-order valence-corrected chi connectivity index (χ3v) is 8.73. The zero-order valence-corrected chi connectivity index (χ0v) is 21.6. The van der Waals surface area contributed by atoms with Crippen LogP contribution in [-0.2, 0) is 14.6 Å². The minimum Gasteiger partial charge on any atom is -0.444 e. The van der Waals surface area contributed by atoms with Crippen molar-refractivity contribution < 1.29 is 22.3 Å². The van der Waals surface area contributed by atoms with Crippen molar-refractivity contribution in [3.8, 4) is 0 Å². The van der Waals surface area contributed by atoms with Gasteiger partial charge in [0.15, 0.2) is 21.3 Å². The van der Waals surface area contributed by atoms with Crippen LogP contribution in [0.15, 0.2) is 34.2 Å². The molecule has 1 amide bonds. The van der Waals surface area contributed by atoms with Gasteiger partial charge >= 0.3 is 11.8 Å². The minimum absolute atomic E-state index is 0.0222. The fourth-order valence-corrected chi connectivity index (χ4v) is 6.14. The topological polar surface area (TPSA) is 139 Å². The second-order valence-electron chi connectivity index (χ2n) is 10.4. The van der Waals surface area contributed by atoms with Gasteiger partial charge in [-0.05, 0) is 64.7 Å². The number of anilines is 2. The summed E-state index contributed by atoms with van der Waals surface area (Å²) in [6, 6.07) is 3.51. The molecule has 13 heteroatoms. The largest absolute Gasteiger partial charge is 0.444 e. The maximum absolute atomic E-state index is 14.8. The number of hydrogen-bond acceptors (Lipinski definition) is 8. The van der Waals surface area contributed by atoms with Crippen molar-refractivity contribution in [1.29, 1.82) is 0 Å². The number of fused-ring (bicyclic) bond motifs is 1. The van der Waals surface area contributed by atoms with Crippen molar-refractivity contribution in [1.82, 2.24) is 24.4 Å². The molecule has 2 aliphatic rings. The molecule has 0 bridgehead atoms. The van der Waals surface area contributed by atoms with Crippen LogP contribution in [-0.4, -0.2) is 62.9 Å². The SMILES string of the molecule is CC(C)(C)OC(=O)N1CCC(n2c(=O)[nH]c3c(Nc4ccc(S(=O)(=O)C5CC5)cc4F)ncnc32)CC1. The zero-order valence-electron chi connectivity index (χ0n) is 20.8. The number of halogens is 1. The van der Waals surface area contributed by atoms with Crippen LogP contribution in [0.4, 0.5) is 20.7 Å². The van der Waals surface area contributed by atoms with E-state index in [4.69, 9.17) is 4.74 Å². The molecule has 0 spiro atoms. The number of ether oxygens (including phenoxy) is 1. The van der Waals surface area contributed by atoms with Crippen LogP contribution in [0.25, 0.3) is 11.2 Å². The number of aromatic nitrogens is 4. The number of carbonyl (C=O) groups is 1. The number of nitrogens with zero attached hydrogens (tertiary/aromatic N) is 4. The van der Waals surface area contributed by atoms with Gasteiger partial charge in [0.05, 0.1) is 15.8 Å². The van der Waals surface area contributed by atoms with Crippen LogP contribution >= 0.6 is 0 Å². The molecule has 3 aromatic rings. The van der Waals surface area contributed by atoms with Gasteiger partial charge in [-0.15, -0.1) is 0 Å². The molecule has 0 atom stereocenters. The Morgan fingerprint density at radius 1 is 1.16 bits per heavy atom. The Kier molecular flexibility index (Phi) is 6.21. The maximum Gasteiger partial charge on any atom is 0.410 e. The molecule has 1 aliphatic heterocycles. The Balaban J connectivity index is 1.36. The first kappa shape index (κ1) is 25.2. The number of rotatable bonds is 5. The highest BCUT2D eigenvalue weighted by molar-refractivity contribution is 7.92. The molecule has 0 unspecified atom stereocenters. The van der Waals surface area contributed by atoms with E-state index in [1.54, 1.807) is 4.90 Å². The Hall–Kier alpha value is -3.48. The average Bonchev–Trinajstić information content (AvgIpc) is 3.63. The number of amides is 1. The third-order valence-electron chi connectivity index (χ3n) is 6.47. The summed E-state index contributed by atoms with van der Waals surface area (Å²) in [5, 5.41) is 2.42. The number of imidazole rings is 1. The second-order valence-corrected chi connectivity index (χ2v) is 12.7. The summed E-state index contributed by atoms with van der Waals surface area (Å²) < 4.78 is 46.7. The predicted molar refractivity (Wildman–Crippen MR) is 134 cm³/mol. The summed E-state index contributed by atoms with van der Waals surface area (Å²) in [6.45, 7) is 6.28. The number of H-pyrrole nitrogens is 1. The highest BCUT2D eigenvalue weighted by atomic mass is 32.2. The van der Waals surface area contributed by atoms with Crippen molar-refractivity contribution in [2.45, 2.75) is 68.2 Å². The number of likely N-dealkylation sites (tertiary alicyclic amines) is 1. The van der Waals surface area contributed by atoms with Crippen molar-refractivity contribution in [2.75, 3.05) is 18.4 Å². The average molecular weight is 533 g/mol. The van der Waals surface area contributed by atoms with E-state index in [2.05, 4.69) is 20.3 Å². The summed E-state index contributed by atoms with van der Waals surface area (Å²) in [5.41, 5.74) is -0.301. The molecular formula is C24H29FN6O5S. The van der Waals surface area contributed by atoms with E-state index in [0.717, 1.165) is 6.07 Å². The van der Waals surface area contributed by atoms with Gasteiger partial charge in [-0.1, -0.05) is 0 Å². The molecule has 1 aromatic carbocycles. The molecule has 2 fully saturated rings. The molecule has 3 heterocycles. The van der Waals surface area contributed by atoms with E-state index in [0.29, 0.717) is 49.9 Å². The fourth-order valence-electron chi connectivity index (χ4n) is 4.48. The van der Waals surface area contributed by atoms with E-state index in [1.807, 2.05) is 20.8 Å². The monoisotopic (exact) mass is 532 g/mol. The van der Waals surface area contributed by atoms with E-state index >= 15 is 0 Å². The highest BCUT2D eigenvalue weighted by Crippen LogP contribution is 2.35.